The Hall–Kier alpha value is -0.610. The van der Waals surface area contributed by atoms with Gasteiger partial charge >= 0.3 is 0 Å². The van der Waals surface area contributed by atoms with Crippen LogP contribution >= 0.6 is 0 Å². The predicted octanol–water partition coefficient (Wildman–Crippen LogP) is 1.39. The SMILES string of the molecule is CN(CC1CCOC1)C(=O)C1CCCCC1(C)N. The van der Waals surface area contributed by atoms with Crippen molar-refractivity contribution in [1.82, 2.24) is 4.90 Å². The van der Waals surface area contributed by atoms with Crippen molar-refractivity contribution in [2.75, 3.05) is 26.8 Å². The number of hydrogen-bond donors (Lipinski definition) is 1. The van der Waals surface area contributed by atoms with E-state index in [1.807, 2.05) is 18.9 Å². The number of nitrogens with two attached hydrogens (primary N) is 1. The summed E-state index contributed by atoms with van der Waals surface area (Å²) in [7, 11) is 1.91. The third-order valence-electron chi connectivity index (χ3n) is 4.48. The standard InChI is InChI=1S/C14H26N2O2/c1-14(15)7-4-3-5-12(14)13(17)16(2)9-11-6-8-18-10-11/h11-12H,3-10,15H2,1-2H3. The van der Waals surface area contributed by atoms with E-state index in [4.69, 9.17) is 10.5 Å². The molecule has 4 nitrogen and oxygen atoms in total. The topological polar surface area (TPSA) is 55.6 Å². The van der Waals surface area contributed by atoms with Crippen molar-refractivity contribution < 1.29 is 9.53 Å². The molecule has 2 aliphatic rings. The average molecular weight is 254 g/mol. The zero-order valence-corrected chi connectivity index (χ0v) is 11.7. The fourth-order valence-corrected chi connectivity index (χ4v) is 3.23. The molecule has 4 heteroatoms. The van der Waals surface area contributed by atoms with Gasteiger partial charge in [-0.2, -0.15) is 0 Å². The molecule has 0 aromatic carbocycles. The van der Waals surface area contributed by atoms with Crippen LogP contribution in [0.15, 0.2) is 0 Å². The highest BCUT2D eigenvalue weighted by atomic mass is 16.5. The molecule has 1 heterocycles. The first kappa shape index (κ1) is 13.8. The second-order valence-corrected chi connectivity index (χ2v) is 6.25. The Morgan fingerprint density at radius 3 is 2.83 bits per heavy atom. The van der Waals surface area contributed by atoms with E-state index in [-0.39, 0.29) is 17.4 Å². The smallest absolute Gasteiger partial charge is 0.227 e. The van der Waals surface area contributed by atoms with Gasteiger partial charge in [0.2, 0.25) is 5.91 Å². The highest BCUT2D eigenvalue weighted by molar-refractivity contribution is 5.80. The first-order chi connectivity index (χ1) is 8.50. The summed E-state index contributed by atoms with van der Waals surface area (Å²) in [6.45, 7) is 4.47. The zero-order chi connectivity index (χ0) is 13.2. The van der Waals surface area contributed by atoms with E-state index in [1.54, 1.807) is 0 Å². The van der Waals surface area contributed by atoms with Gasteiger partial charge in [-0.3, -0.25) is 4.79 Å². The Morgan fingerprint density at radius 1 is 1.44 bits per heavy atom. The average Bonchev–Trinajstić information content (AvgIpc) is 2.80. The monoisotopic (exact) mass is 254 g/mol. The molecule has 1 amide bonds. The summed E-state index contributed by atoms with van der Waals surface area (Å²) >= 11 is 0. The minimum atomic E-state index is -0.324. The molecular formula is C14H26N2O2. The zero-order valence-electron chi connectivity index (χ0n) is 11.7. The number of carbonyl (C=O) groups excluding carboxylic acids is 1. The molecule has 1 aliphatic carbocycles. The molecule has 3 unspecified atom stereocenters. The van der Waals surface area contributed by atoms with Crippen LogP contribution in [0.2, 0.25) is 0 Å². The molecule has 2 fully saturated rings. The Bertz CT molecular complexity index is 298. The van der Waals surface area contributed by atoms with Crippen LogP contribution in [0.25, 0.3) is 0 Å². The minimum Gasteiger partial charge on any atom is -0.381 e. The number of nitrogens with zero attached hydrogens (tertiary/aromatic N) is 1. The van der Waals surface area contributed by atoms with Crippen molar-refractivity contribution in [3.63, 3.8) is 0 Å². The van der Waals surface area contributed by atoms with Gasteiger partial charge in [0.05, 0.1) is 12.5 Å². The molecule has 0 radical (unpaired) electrons. The van der Waals surface area contributed by atoms with E-state index in [0.29, 0.717) is 5.92 Å². The lowest BCUT2D eigenvalue weighted by Crippen LogP contribution is -2.53. The Morgan fingerprint density at radius 2 is 2.22 bits per heavy atom. The van der Waals surface area contributed by atoms with Crippen molar-refractivity contribution in [1.29, 1.82) is 0 Å². The van der Waals surface area contributed by atoms with Crippen LogP contribution in [-0.2, 0) is 9.53 Å². The fraction of sp³-hybridized carbons (Fsp3) is 0.929. The van der Waals surface area contributed by atoms with Gasteiger partial charge in [-0.15, -0.1) is 0 Å². The van der Waals surface area contributed by atoms with Gasteiger partial charge in [0.15, 0.2) is 0 Å². The molecule has 1 saturated heterocycles. The summed E-state index contributed by atoms with van der Waals surface area (Å²) in [5, 5.41) is 0. The van der Waals surface area contributed by atoms with Crippen molar-refractivity contribution in [2.24, 2.45) is 17.6 Å². The van der Waals surface area contributed by atoms with E-state index in [1.165, 1.54) is 0 Å². The first-order valence-corrected chi connectivity index (χ1v) is 7.12. The predicted molar refractivity (Wildman–Crippen MR) is 71.1 cm³/mol. The summed E-state index contributed by atoms with van der Waals surface area (Å²) in [5.41, 5.74) is 5.97. The van der Waals surface area contributed by atoms with Crippen LogP contribution in [0.4, 0.5) is 0 Å². The third-order valence-corrected chi connectivity index (χ3v) is 4.48. The first-order valence-electron chi connectivity index (χ1n) is 7.12. The molecule has 2 rings (SSSR count). The molecule has 3 atom stereocenters. The number of rotatable bonds is 3. The number of ether oxygens (including phenoxy) is 1. The summed E-state index contributed by atoms with van der Waals surface area (Å²) in [5.74, 6) is 0.733. The van der Waals surface area contributed by atoms with E-state index in [0.717, 1.165) is 51.9 Å². The molecule has 18 heavy (non-hydrogen) atoms. The lowest BCUT2D eigenvalue weighted by Gasteiger charge is -2.39. The van der Waals surface area contributed by atoms with Crippen molar-refractivity contribution in [2.45, 2.75) is 44.6 Å². The van der Waals surface area contributed by atoms with Gasteiger partial charge in [0, 0.05) is 31.7 Å². The molecule has 0 spiro atoms. The van der Waals surface area contributed by atoms with Gasteiger partial charge in [0.1, 0.15) is 0 Å². The maximum atomic E-state index is 12.5. The maximum Gasteiger partial charge on any atom is 0.227 e. The lowest BCUT2D eigenvalue weighted by molar-refractivity contribution is -0.138. The van der Waals surface area contributed by atoms with Crippen LogP contribution < -0.4 is 5.73 Å². The minimum absolute atomic E-state index is 0.00132. The summed E-state index contributed by atoms with van der Waals surface area (Å²) in [6, 6.07) is 0. The molecule has 0 aromatic heterocycles. The summed E-state index contributed by atoms with van der Waals surface area (Å²) in [6.07, 6.45) is 5.25. The maximum absolute atomic E-state index is 12.5. The highest BCUT2D eigenvalue weighted by Gasteiger charge is 2.39. The number of amides is 1. The Kier molecular flexibility index (Phi) is 4.28. The van der Waals surface area contributed by atoms with Crippen LogP contribution in [-0.4, -0.2) is 43.2 Å². The summed E-state index contributed by atoms with van der Waals surface area (Å²) < 4.78 is 5.36. The van der Waals surface area contributed by atoms with Crippen molar-refractivity contribution in [3.05, 3.63) is 0 Å². The van der Waals surface area contributed by atoms with Crippen LogP contribution in [0, 0.1) is 11.8 Å². The Balaban J connectivity index is 1.92. The van der Waals surface area contributed by atoms with Gasteiger partial charge < -0.3 is 15.4 Å². The van der Waals surface area contributed by atoms with E-state index in [9.17, 15) is 4.79 Å². The van der Waals surface area contributed by atoms with Crippen molar-refractivity contribution in [3.8, 4) is 0 Å². The van der Waals surface area contributed by atoms with Crippen molar-refractivity contribution >= 4 is 5.91 Å². The molecule has 0 aromatic rings. The molecule has 104 valence electrons. The van der Waals surface area contributed by atoms with Crippen LogP contribution in [0.1, 0.15) is 39.0 Å². The van der Waals surface area contributed by atoms with E-state index >= 15 is 0 Å². The third kappa shape index (κ3) is 3.04. The Labute approximate surface area is 110 Å². The largest absolute Gasteiger partial charge is 0.381 e. The normalized spacial score (nSPS) is 36.6. The number of carbonyl (C=O) groups is 1. The molecular weight excluding hydrogens is 228 g/mol. The van der Waals surface area contributed by atoms with Crippen LogP contribution in [0.5, 0.6) is 0 Å². The quantitative estimate of drug-likeness (QED) is 0.828. The molecule has 1 aliphatic heterocycles. The molecule has 2 N–H and O–H groups in total. The second kappa shape index (κ2) is 5.57. The van der Waals surface area contributed by atoms with Gasteiger partial charge in [-0.1, -0.05) is 12.8 Å². The second-order valence-electron chi connectivity index (χ2n) is 6.25. The van der Waals surface area contributed by atoms with Gasteiger partial charge in [0.25, 0.3) is 0 Å². The molecule has 1 saturated carbocycles. The van der Waals surface area contributed by atoms with E-state index < -0.39 is 0 Å². The van der Waals surface area contributed by atoms with Gasteiger partial charge in [-0.25, -0.2) is 0 Å². The lowest BCUT2D eigenvalue weighted by atomic mass is 9.74. The number of hydrogen-bond acceptors (Lipinski definition) is 3. The highest BCUT2D eigenvalue weighted by Crippen LogP contribution is 2.33. The summed E-state index contributed by atoms with van der Waals surface area (Å²) in [4.78, 5) is 14.4. The van der Waals surface area contributed by atoms with Gasteiger partial charge in [-0.05, 0) is 26.2 Å². The molecule has 0 bridgehead atoms. The van der Waals surface area contributed by atoms with E-state index in [2.05, 4.69) is 0 Å². The van der Waals surface area contributed by atoms with Crippen LogP contribution in [0.3, 0.4) is 0 Å². The fourth-order valence-electron chi connectivity index (χ4n) is 3.23.